The van der Waals surface area contributed by atoms with E-state index >= 15 is 0 Å². The van der Waals surface area contributed by atoms with Crippen LogP contribution in [-0.2, 0) is 5.60 Å². The molecule has 0 aliphatic rings. The lowest BCUT2D eigenvalue weighted by molar-refractivity contribution is 0.0751. The normalized spacial score (nSPS) is 11.7. The molecule has 1 rings (SSSR count). The molecule has 0 aliphatic carbocycles. The van der Waals surface area contributed by atoms with Gasteiger partial charge in [-0.25, -0.2) is 0 Å². The molecule has 0 radical (unpaired) electrons. The fourth-order valence-corrected chi connectivity index (χ4v) is 1.55. The Bertz CT molecular complexity index is 342. The Hall–Kier alpha value is -1.13. The minimum absolute atomic E-state index is 0.100. The van der Waals surface area contributed by atoms with Gasteiger partial charge in [-0.05, 0) is 13.8 Å². The van der Waals surface area contributed by atoms with Gasteiger partial charge in [0, 0.05) is 6.07 Å². The van der Waals surface area contributed by atoms with Crippen molar-refractivity contribution in [3.8, 4) is 17.2 Å². The number of aromatic hydroxyl groups is 3. The minimum atomic E-state index is -1.45. The van der Waals surface area contributed by atoms with Crippen LogP contribution in [0.4, 0.5) is 0 Å². The Morgan fingerprint density at radius 2 is 1.64 bits per heavy atom. The Labute approximate surface area is 86.0 Å². The van der Waals surface area contributed by atoms with Crippen molar-refractivity contribution in [3.05, 3.63) is 16.7 Å². The van der Waals surface area contributed by atoms with Gasteiger partial charge in [0.1, 0.15) is 5.75 Å². The lowest BCUT2D eigenvalue weighted by atomic mass is 9.96. The molecule has 0 saturated carbocycles. The summed E-state index contributed by atoms with van der Waals surface area (Å²) < 4.78 is 0. The highest BCUT2D eigenvalue weighted by Gasteiger charge is 2.27. The van der Waals surface area contributed by atoms with Crippen molar-refractivity contribution in [2.75, 3.05) is 0 Å². The largest absolute Gasteiger partial charge is 0.506 e. The van der Waals surface area contributed by atoms with E-state index in [1.54, 1.807) is 0 Å². The molecule has 4 N–H and O–H groups in total. The van der Waals surface area contributed by atoms with Gasteiger partial charge < -0.3 is 20.4 Å². The maximum absolute atomic E-state index is 9.63. The molecule has 0 saturated heterocycles. The summed E-state index contributed by atoms with van der Waals surface area (Å²) in [5.41, 5.74) is -1.55. The Morgan fingerprint density at radius 3 is 2.07 bits per heavy atom. The van der Waals surface area contributed by atoms with Crippen LogP contribution in [0.3, 0.4) is 0 Å². The standard InChI is InChI=1S/C9H11ClO4/c1-9(2,14)6-7(10)4(11)3-5(12)8(6)13/h3,11-14H,1-2H3. The molecule has 0 fully saturated rings. The van der Waals surface area contributed by atoms with Gasteiger partial charge in [0.2, 0.25) is 0 Å². The highest BCUT2D eigenvalue weighted by atomic mass is 35.5. The van der Waals surface area contributed by atoms with Gasteiger partial charge in [-0.2, -0.15) is 0 Å². The molecule has 0 bridgehead atoms. The predicted octanol–water partition coefficient (Wildman–Crippen LogP) is 1.68. The van der Waals surface area contributed by atoms with Crippen LogP contribution < -0.4 is 0 Å². The molecule has 0 aliphatic heterocycles. The van der Waals surface area contributed by atoms with Crippen LogP contribution in [0.1, 0.15) is 19.4 Å². The van der Waals surface area contributed by atoms with Crippen molar-refractivity contribution >= 4 is 11.6 Å². The third kappa shape index (κ3) is 1.71. The summed E-state index contributed by atoms with van der Waals surface area (Å²) in [7, 11) is 0. The Morgan fingerprint density at radius 1 is 1.14 bits per heavy atom. The molecule has 5 heteroatoms. The topological polar surface area (TPSA) is 80.9 Å². The van der Waals surface area contributed by atoms with Crippen LogP contribution in [0.2, 0.25) is 5.02 Å². The minimum Gasteiger partial charge on any atom is -0.506 e. The summed E-state index contributed by atoms with van der Waals surface area (Å²) in [6.07, 6.45) is 0. The number of phenols is 3. The fraction of sp³-hybridized carbons (Fsp3) is 0.333. The monoisotopic (exact) mass is 218 g/mol. The summed E-state index contributed by atoms with van der Waals surface area (Å²) in [5, 5.41) is 37.3. The molecular weight excluding hydrogens is 208 g/mol. The van der Waals surface area contributed by atoms with Crippen molar-refractivity contribution in [3.63, 3.8) is 0 Å². The van der Waals surface area contributed by atoms with Gasteiger partial charge in [0.15, 0.2) is 11.5 Å². The first kappa shape index (κ1) is 10.9. The van der Waals surface area contributed by atoms with E-state index in [2.05, 4.69) is 0 Å². The molecule has 0 aromatic heterocycles. The van der Waals surface area contributed by atoms with E-state index < -0.39 is 17.1 Å². The molecule has 14 heavy (non-hydrogen) atoms. The maximum Gasteiger partial charge on any atom is 0.165 e. The first-order valence-electron chi connectivity index (χ1n) is 3.91. The van der Waals surface area contributed by atoms with Crippen LogP contribution in [0.25, 0.3) is 0 Å². The number of benzene rings is 1. The van der Waals surface area contributed by atoms with E-state index in [4.69, 9.17) is 11.6 Å². The van der Waals surface area contributed by atoms with Gasteiger partial charge in [0.25, 0.3) is 0 Å². The molecule has 0 heterocycles. The van der Waals surface area contributed by atoms with Gasteiger partial charge in [0.05, 0.1) is 16.2 Å². The summed E-state index contributed by atoms with van der Waals surface area (Å²) >= 11 is 5.67. The molecule has 1 aromatic carbocycles. The SMILES string of the molecule is CC(C)(O)c1c(O)c(O)cc(O)c1Cl. The zero-order valence-corrected chi connectivity index (χ0v) is 8.50. The Kier molecular flexibility index (Phi) is 2.52. The highest BCUT2D eigenvalue weighted by molar-refractivity contribution is 6.33. The molecule has 4 nitrogen and oxygen atoms in total. The molecular formula is C9H11ClO4. The van der Waals surface area contributed by atoms with Crippen molar-refractivity contribution in [2.45, 2.75) is 19.4 Å². The number of hydrogen-bond donors (Lipinski definition) is 4. The smallest absolute Gasteiger partial charge is 0.165 e. The molecule has 0 atom stereocenters. The predicted molar refractivity (Wildman–Crippen MR) is 51.7 cm³/mol. The number of hydrogen-bond acceptors (Lipinski definition) is 4. The number of aliphatic hydroxyl groups is 1. The van der Waals surface area contributed by atoms with Crippen molar-refractivity contribution in [1.82, 2.24) is 0 Å². The fourth-order valence-electron chi connectivity index (χ4n) is 1.18. The quantitative estimate of drug-likeness (QED) is 0.427. The summed E-state index contributed by atoms with van der Waals surface area (Å²) in [6.45, 7) is 2.76. The Balaban J connectivity index is 3.56. The number of phenolic OH excluding ortho intramolecular Hbond substituents is 3. The van der Waals surface area contributed by atoms with E-state index in [1.165, 1.54) is 13.8 Å². The van der Waals surface area contributed by atoms with Crippen LogP contribution in [0.5, 0.6) is 17.2 Å². The molecule has 0 spiro atoms. The van der Waals surface area contributed by atoms with Gasteiger partial charge >= 0.3 is 0 Å². The zero-order chi connectivity index (χ0) is 11.1. The van der Waals surface area contributed by atoms with Crippen LogP contribution in [0, 0.1) is 0 Å². The average Bonchev–Trinajstić information content (AvgIpc) is 1.98. The van der Waals surface area contributed by atoms with E-state index in [0.29, 0.717) is 0 Å². The summed E-state index contributed by atoms with van der Waals surface area (Å²) in [6, 6.07) is 0.910. The second-order valence-electron chi connectivity index (χ2n) is 3.51. The highest BCUT2D eigenvalue weighted by Crippen LogP contribution is 2.45. The van der Waals surface area contributed by atoms with Crippen LogP contribution >= 0.6 is 11.6 Å². The van der Waals surface area contributed by atoms with E-state index in [1.807, 2.05) is 0 Å². The molecule has 78 valence electrons. The third-order valence-corrected chi connectivity index (χ3v) is 2.19. The second kappa shape index (κ2) is 3.22. The van der Waals surface area contributed by atoms with E-state index in [-0.39, 0.29) is 16.3 Å². The van der Waals surface area contributed by atoms with Crippen LogP contribution in [0.15, 0.2) is 6.07 Å². The van der Waals surface area contributed by atoms with Gasteiger partial charge in [-0.3, -0.25) is 0 Å². The van der Waals surface area contributed by atoms with Gasteiger partial charge in [-0.1, -0.05) is 11.6 Å². The van der Waals surface area contributed by atoms with Crippen molar-refractivity contribution in [1.29, 1.82) is 0 Å². The first-order chi connectivity index (χ1) is 6.25. The average molecular weight is 219 g/mol. The maximum atomic E-state index is 9.63. The summed E-state index contributed by atoms with van der Waals surface area (Å²) in [4.78, 5) is 0. The lowest BCUT2D eigenvalue weighted by Gasteiger charge is -2.21. The van der Waals surface area contributed by atoms with Crippen molar-refractivity contribution in [2.24, 2.45) is 0 Å². The number of rotatable bonds is 1. The molecule has 0 unspecified atom stereocenters. The van der Waals surface area contributed by atoms with E-state index in [0.717, 1.165) is 6.07 Å². The second-order valence-corrected chi connectivity index (χ2v) is 3.89. The van der Waals surface area contributed by atoms with Crippen LogP contribution in [-0.4, -0.2) is 20.4 Å². The summed E-state index contributed by atoms with van der Waals surface area (Å²) in [5.74, 6) is -1.44. The third-order valence-electron chi connectivity index (χ3n) is 1.81. The first-order valence-corrected chi connectivity index (χ1v) is 4.29. The number of halogens is 1. The molecule has 0 amide bonds. The van der Waals surface area contributed by atoms with E-state index in [9.17, 15) is 20.4 Å². The lowest BCUT2D eigenvalue weighted by Crippen LogP contribution is -2.16. The molecule has 1 aromatic rings. The van der Waals surface area contributed by atoms with Crippen molar-refractivity contribution < 1.29 is 20.4 Å². The van der Waals surface area contributed by atoms with Gasteiger partial charge in [-0.15, -0.1) is 0 Å². The zero-order valence-electron chi connectivity index (χ0n) is 7.74.